The molecule has 35 heavy (non-hydrogen) atoms. The smallest absolute Gasteiger partial charge is 0.0712 e. The lowest BCUT2D eigenvalue weighted by molar-refractivity contribution is 0.418. The first kappa shape index (κ1) is 30.5. The van der Waals surface area contributed by atoms with E-state index in [9.17, 15) is 0 Å². The number of aryl methyl sites for hydroxylation is 2. The monoisotopic (exact) mass is 476 g/mol. The van der Waals surface area contributed by atoms with E-state index >= 15 is 0 Å². The van der Waals surface area contributed by atoms with Crippen LogP contribution in [-0.4, -0.2) is 57.7 Å². The Morgan fingerprint density at radius 1 is 0.943 bits per heavy atom. The lowest BCUT2D eigenvalue weighted by Crippen LogP contribution is -2.10. The summed E-state index contributed by atoms with van der Waals surface area (Å²) in [6.07, 6.45) is 7.91. The Bertz CT molecular complexity index is 944. The number of nitrogens with one attached hydrogen (secondary N) is 2. The second-order valence-corrected chi connectivity index (χ2v) is 8.90. The van der Waals surface area contributed by atoms with Gasteiger partial charge in [-0.25, -0.2) is 4.98 Å². The standard InChI is InChI=1S/C21H24N2.C5H11N.C3H6.C2H7N/c1-3-16-6-9-19-12-13-20(23-21(19)15-16)18-10-7-17(8-11-18)5-4-14-22-2;1-6-4-2-3-5-6;2*1-3-2/h6-13,15,22H,3-5,14H2,1-2H3;2-5H2,1H3;3H,1H2,2H3;3H,1-2H3. The van der Waals surface area contributed by atoms with Crippen molar-refractivity contribution in [3.8, 4) is 11.3 Å². The molecule has 0 radical (unpaired) electrons. The van der Waals surface area contributed by atoms with Crippen LogP contribution in [0.15, 0.2) is 67.3 Å². The highest BCUT2D eigenvalue weighted by molar-refractivity contribution is 5.82. The van der Waals surface area contributed by atoms with Gasteiger partial charge in [-0.1, -0.05) is 55.5 Å². The fourth-order valence-corrected chi connectivity index (χ4v) is 3.73. The Hall–Kier alpha value is -2.53. The van der Waals surface area contributed by atoms with Crippen LogP contribution in [0.25, 0.3) is 22.2 Å². The molecule has 1 aliphatic heterocycles. The summed E-state index contributed by atoms with van der Waals surface area (Å²) in [6.45, 7) is 11.1. The van der Waals surface area contributed by atoms with Crippen LogP contribution >= 0.6 is 0 Å². The number of pyridine rings is 1. The van der Waals surface area contributed by atoms with Gasteiger partial charge in [0.15, 0.2) is 0 Å². The van der Waals surface area contributed by atoms with Crippen molar-refractivity contribution in [3.63, 3.8) is 0 Å². The zero-order valence-corrected chi connectivity index (χ0v) is 23.0. The van der Waals surface area contributed by atoms with Gasteiger partial charge in [0.05, 0.1) is 11.2 Å². The van der Waals surface area contributed by atoms with Crippen molar-refractivity contribution in [1.29, 1.82) is 0 Å². The normalized spacial score (nSPS) is 12.5. The third-order valence-electron chi connectivity index (χ3n) is 5.64. The molecule has 0 saturated carbocycles. The summed E-state index contributed by atoms with van der Waals surface area (Å²) in [5.41, 5.74) is 6.04. The Labute approximate surface area is 214 Å². The summed E-state index contributed by atoms with van der Waals surface area (Å²) in [5, 5.41) is 7.14. The number of fused-ring (bicyclic) bond motifs is 1. The van der Waals surface area contributed by atoms with Gasteiger partial charge in [-0.2, -0.15) is 0 Å². The molecule has 0 atom stereocenters. The van der Waals surface area contributed by atoms with Crippen LogP contribution in [0.5, 0.6) is 0 Å². The van der Waals surface area contributed by atoms with E-state index in [2.05, 4.69) is 90.7 Å². The molecule has 4 nitrogen and oxygen atoms in total. The zero-order chi connectivity index (χ0) is 25.9. The Balaban J connectivity index is 0.000000423. The van der Waals surface area contributed by atoms with Crippen molar-refractivity contribution in [3.05, 3.63) is 78.4 Å². The molecule has 2 heterocycles. The summed E-state index contributed by atoms with van der Waals surface area (Å²) in [5.74, 6) is 0. The lowest BCUT2D eigenvalue weighted by atomic mass is 10.0. The topological polar surface area (TPSA) is 40.2 Å². The van der Waals surface area contributed by atoms with Crippen molar-refractivity contribution < 1.29 is 0 Å². The Morgan fingerprint density at radius 2 is 1.51 bits per heavy atom. The number of likely N-dealkylation sites (tertiary alicyclic amines) is 1. The van der Waals surface area contributed by atoms with Gasteiger partial charge in [-0.15, -0.1) is 6.58 Å². The third kappa shape index (κ3) is 12.1. The molecule has 0 aliphatic carbocycles. The number of benzene rings is 2. The first-order valence-corrected chi connectivity index (χ1v) is 13.0. The maximum absolute atomic E-state index is 4.85. The quantitative estimate of drug-likeness (QED) is 0.321. The van der Waals surface area contributed by atoms with Crippen LogP contribution in [0, 0.1) is 0 Å². The van der Waals surface area contributed by atoms with Gasteiger partial charge in [0.25, 0.3) is 0 Å². The molecule has 2 N–H and O–H groups in total. The van der Waals surface area contributed by atoms with Crippen molar-refractivity contribution in [2.75, 3.05) is 47.8 Å². The highest BCUT2D eigenvalue weighted by atomic mass is 15.1. The fourth-order valence-electron chi connectivity index (χ4n) is 3.73. The minimum absolute atomic E-state index is 1.04. The van der Waals surface area contributed by atoms with Crippen LogP contribution in [0.4, 0.5) is 0 Å². The molecule has 4 rings (SSSR count). The van der Waals surface area contributed by atoms with Gasteiger partial charge < -0.3 is 15.5 Å². The summed E-state index contributed by atoms with van der Waals surface area (Å²) >= 11 is 0. The molecule has 0 unspecified atom stereocenters. The lowest BCUT2D eigenvalue weighted by Gasteiger charge is -2.06. The first-order chi connectivity index (χ1) is 17.0. The van der Waals surface area contributed by atoms with E-state index in [-0.39, 0.29) is 0 Å². The number of hydrogen-bond donors (Lipinski definition) is 2. The van der Waals surface area contributed by atoms with Gasteiger partial charge in [0, 0.05) is 10.9 Å². The maximum Gasteiger partial charge on any atom is 0.0712 e. The molecule has 1 fully saturated rings. The number of hydrogen-bond acceptors (Lipinski definition) is 4. The molecule has 0 bridgehead atoms. The first-order valence-electron chi connectivity index (χ1n) is 13.0. The highest BCUT2D eigenvalue weighted by Gasteiger charge is 2.04. The molecule has 3 aromatic rings. The van der Waals surface area contributed by atoms with Gasteiger partial charge in [0.2, 0.25) is 0 Å². The van der Waals surface area contributed by atoms with Gasteiger partial charge >= 0.3 is 0 Å². The van der Waals surface area contributed by atoms with E-state index in [0.717, 1.165) is 30.6 Å². The van der Waals surface area contributed by atoms with Gasteiger partial charge in [-0.05, 0) is 110 Å². The van der Waals surface area contributed by atoms with Crippen LogP contribution in [0.2, 0.25) is 0 Å². The van der Waals surface area contributed by atoms with Crippen molar-refractivity contribution in [2.45, 2.75) is 46.0 Å². The summed E-state index contributed by atoms with van der Waals surface area (Å²) in [6, 6.07) is 19.6. The summed E-state index contributed by atoms with van der Waals surface area (Å²) in [7, 11) is 7.92. The molecule has 1 saturated heterocycles. The van der Waals surface area contributed by atoms with Crippen LogP contribution < -0.4 is 10.6 Å². The van der Waals surface area contributed by atoms with E-state index in [1.54, 1.807) is 6.08 Å². The SMILES string of the molecule is C=CC.CCc1ccc2ccc(-c3ccc(CCCNC)cc3)nc2c1.CN1CCCC1.CNC. The summed E-state index contributed by atoms with van der Waals surface area (Å²) < 4.78 is 0. The van der Waals surface area contributed by atoms with Crippen molar-refractivity contribution >= 4 is 10.9 Å². The minimum atomic E-state index is 1.04. The second-order valence-electron chi connectivity index (χ2n) is 8.90. The molecule has 192 valence electrons. The number of allylic oxidation sites excluding steroid dienone is 1. The zero-order valence-electron chi connectivity index (χ0n) is 23.0. The predicted molar refractivity (Wildman–Crippen MR) is 156 cm³/mol. The number of rotatable bonds is 6. The average molecular weight is 477 g/mol. The molecule has 0 spiro atoms. The third-order valence-corrected chi connectivity index (χ3v) is 5.64. The Morgan fingerprint density at radius 3 is 2.03 bits per heavy atom. The fraction of sp³-hybridized carbons (Fsp3) is 0.452. The molecular weight excluding hydrogens is 428 g/mol. The Kier molecular flexibility index (Phi) is 16.3. The second kappa shape index (κ2) is 18.8. The summed E-state index contributed by atoms with van der Waals surface area (Å²) in [4.78, 5) is 7.21. The van der Waals surface area contributed by atoms with Gasteiger partial charge in [-0.3, -0.25) is 0 Å². The van der Waals surface area contributed by atoms with E-state index in [4.69, 9.17) is 4.98 Å². The highest BCUT2D eigenvalue weighted by Crippen LogP contribution is 2.22. The minimum Gasteiger partial charge on any atom is -0.323 e. The van der Waals surface area contributed by atoms with E-state index in [0.29, 0.717) is 0 Å². The largest absolute Gasteiger partial charge is 0.323 e. The van der Waals surface area contributed by atoms with Gasteiger partial charge in [0.1, 0.15) is 0 Å². The van der Waals surface area contributed by atoms with E-state index in [1.165, 1.54) is 54.4 Å². The molecule has 1 aromatic heterocycles. The van der Waals surface area contributed by atoms with Crippen LogP contribution in [0.3, 0.4) is 0 Å². The maximum atomic E-state index is 4.85. The molecule has 1 aliphatic rings. The molecule has 4 heteroatoms. The number of nitrogens with zero attached hydrogens (tertiary/aromatic N) is 2. The average Bonchev–Trinajstić information content (AvgIpc) is 3.36. The number of aromatic nitrogens is 1. The van der Waals surface area contributed by atoms with E-state index < -0.39 is 0 Å². The molecule has 2 aromatic carbocycles. The predicted octanol–water partition coefficient (Wildman–Crippen LogP) is 6.36. The molecule has 0 amide bonds. The molecular formula is C31H48N4. The van der Waals surface area contributed by atoms with Crippen LogP contribution in [-0.2, 0) is 12.8 Å². The van der Waals surface area contributed by atoms with Crippen molar-refractivity contribution in [1.82, 2.24) is 20.5 Å². The van der Waals surface area contributed by atoms with Crippen molar-refractivity contribution in [2.24, 2.45) is 0 Å². The van der Waals surface area contributed by atoms with E-state index in [1.807, 2.05) is 28.1 Å². The van der Waals surface area contributed by atoms with Crippen LogP contribution in [0.1, 0.15) is 44.2 Å².